The Hall–Kier alpha value is -1.05. The van der Waals surface area contributed by atoms with Gasteiger partial charge in [0.2, 0.25) is 10.0 Å². The summed E-state index contributed by atoms with van der Waals surface area (Å²) in [6, 6.07) is 6.51. The molecule has 0 radical (unpaired) electrons. The molecule has 0 aliphatic carbocycles. The molecule has 0 unspecified atom stereocenters. The van der Waals surface area contributed by atoms with Crippen molar-refractivity contribution < 1.29 is 8.42 Å². The minimum Gasteiger partial charge on any atom is -0.361 e. The highest BCUT2D eigenvalue weighted by Gasteiger charge is 2.08. The summed E-state index contributed by atoms with van der Waals surface area (Å²) < 4.78 is 22.1. The molecular weight excluding hydrogens is 258 g/mol. The number of nitrogens with zero attached hydrogens (tertiary/aromatic N) is 1. The second-order valence-corrected chi connectivity index (χ2v) is 6.22. The van der Waals surface area contributed by atoms with E-state index in [1.165, 1.54) is 12.1 Å². The summed E-state index contributed by atoms with van der Waals surface area (Å²) >= 11 is 1.69. The molecule has 0 amide bonds. The van der Waals surface area contributed by atoms with Gasteiger partial charge in [0, 0.05) is 12.3 Å². The molecule has 2 rings (SSSR count). The summed E-state index contributed by atoms with van der Waals surface area (Å²) in [5.41, 5.74) is 0.993. The van der Waals surface area contributed by atoms with Crippen LogP contribution < -0.4 is 10.5 Å². The number of aliphatic imine (C=N–C) groups is 1. The van der Waals surface area contributed by atoms with Gasteiger partial charge in [-0.15, -0.1) is 0 Å². The van der Waals surface area contributed by atoms with Gasteiger partial charge in [0.1, 0.15) is 0 Å². The Bertz CT molecular complexity index is 523. The van der Waals surface area contributed by atoms with Gasteiger partial charge in [-0.25, -0.2) is 13.6 Å². The molecule has 0 fully saturated rings. The van der Waals surface area contributed by atoms with Crippen molar-refractivity contribution in [2.24, 2.45) is 10.1 Å². The SMILES string of the molecule is NS(=O)(=O)c1ccc(CNC2=NCCS2)cc1. The Balaban J connectivity index is 1.98. The molecule has 1 aliphatic heterocycles. The fourth-order valence-corrected chi connectivity index (χ4v) is 2.66. The van der Waals surface area contributed by atoms with Gasteiger partial charge in [0.05, 0.1) is 11.4 Å². The lowest BCUT2D eigenvalue weighted by atomic mass is 10.2. The van der Waals surface area contributed by atoms with E-state index in [2.05, 4.69) is 10.3 Å². The number of nitrogens with two attached hydrogens (primary N) is 1. The van der Waals surface area contributed by atoms with Crippen LogP contribution in [0, 0.1) is 0 Å². The third-order valence-corrected chi connectivity index (χ3v) is 4.14. The minimum atomic E-state index is -3.60. The van der Waals surface area contributed by atoms with Gasteiger partial charge in [-0.3, -0.25) is 4.99 Å². The maximum absolute atomic E-state index is 11.1. The number of nitrogens with one attached hydrogen (secondary N) is 1. The molecule has 0 bridgehead atoms. The lowest BCUT2D eigenvalue weighted by Crippen LogP contribution is -2.18. The molecule has 7 heteroatoms. The van der Waals surface area contributed by atoms with Gasteiger partial charge < -0.3 is 5.32 Å². The second-order valence-electron chi connectivity index (χ2n) is 3.58. The molecule has 0 spiro atoms. The van der Waals surface area contributed by atoms with Crippen LogP contribution in [0.1, 0.15) is 5.56 Å². The topological polar surface area (TPSA) is 84.5 Å². The summed E-state index contributed by atoms with van der Waals surface area (Å²) in [7, 11) is -3.60. The molecule has 0 aromatic heterocycles. The van der Waals surface area contributed by atoms with Crippen LogP contribution >= 0.6 is 11.8 Å². The third-order valence-electron chi connectivity index (χ3n) is 2.28. The van der Waals surface area contributed by atoms with Crippen molar-refractivity contribution in [3.05, 3.63) is 29.8 Å². The van der Waals surface area contributed by atoms with Crippen LogP contribution in [-0.4, -0.2) is 25.9 Å². The van der Waals surface area contributed by atoms with E-state index in [0.717, 1.165) is 23.0 Å². The molecule has 1 heterocycles. The highest BCUT2D eigenvalue weighted by molar-refractivity contribution is 8.14. The van der Waals surface area contributed by atoms with E-state index in [-0.39, 0.29) is 4.90 Å². The number of sulfonamides is 1. The van der Waals surface area contributed by atoms with Crippen LogP contribution in [0.3, 0.4) is 0 Å². The number of thioether (sulfide) groups is 1. The Morgan fingerprint density at radius 2 is 2.06 bits per heavy atom. The summed E-state index contributed by atoms with van der Waals surface area (Å²) in [6.07, 6.45) is 0. The van der Waals surface area contributed by atoms with E-state index in [0.29, 0.717) is 6.54 Å². The van der Waals surface area contributed by atoms with Crippen LogP contribution in [-0.2, 0) is 16.6 Å². The van der Waals surface area contributed by atoms with E-state index in [4.69, 9.17) is 5.14 Å². The first-order valence-electron chi connectivity index (χ1n) is 5.08. The van der Waals surface area contributed by atoms with E-state index in [9.17, 15) is 8.42 Å². The highest BCUT2D eigenvalue weighted by Crippen LogP contribution is 2.11. The fraction of sp³-hybridized carbons (Fsp3) is 0.300. The monoisotopic (exact) mass is 271 g/mol. The van der Waals surface area contributed by atoms with Crippen molar-refractivity contribution in [2.45, 2.75) is 11.4 Å². The van der Waals surface area contributed by atoms with Gasteiger partial charge in [-0.2, -0.15) is 0 Å². The number of primary sulfonamides is 1. The number of hydrogen-bond donors (Lipinski definition) is 2. The Labute approximate surface area is 105 Å². The van der Waals surface area contributed by atoms with E-state index in [1.54, 1.807) is 23.9 Å². The quantitative estimate of drug-likeness (QED) is 0.839. The van der Waals surface area contributed by atoms with Crippen molar-refractivity contribution in [3.8, 4) is 0 Å². The summed E-state index contributed by atoms with van der Waals surface area (Å²) in [5, 5.41) is 9.15. The van der Waals surface area contributed by atoms with Crippen LogP contribution in [0.4, 0.5) is 0 Å². The first-order chi connectivity index (χ1) is 8.05. The predicted molar refractivity (Wildman–Crippen MR) is 69.4 cm³/mol. The van der Waals surface area contributed by atoms with Gasteiger partial charge in [0.15, 0.2) is 5.17 Å². The zero-order chi connectivity index (χ0) is 12.3. The minimum absolute atomic E-state index is 0.133. The molecule has 5 nitrogen and oxygen atoms in total. The molecular formula is C10H13N3O2S2. The van der Waals surface area contributed by atoms with Crippen molar-refractivity contribution in [2.75, 3.05) is 12.3 Å². The Morgan fingerprint density at radius 1 is 1.35 bits per heavy atom. The molecule has 0 saturated heterocycles. The van der Waals surface area contributed by atoms with E-state index >= 15 is 0 Å². The van der Waals surface area contributed by atoms with Crippen LogP contribution in [0.25, 0.3) is 0 Å². The molecule has 17 heavy (non-hydrogen) atoms. The molecule has 1 aliphatic rings. The lowest BCUT2D eigenvalue weighted by molar-refractivity contribution is 0.597. The van der Waals surface area contributed by atoms with Gasteiger partial charge >= 0.3 is 0 Å². The average Bonchev–Trinajstić information content (AvgIpc) is 2.78. The van der Waals surface area contributed by atoms with Crippen molar-refractivity contribution in [1.29, 1.82) is 0 Å². The summed E-state index contributed by atoms with van der Waals surface area (Å²) in [6.45, 7) is 1.49. The number of amidine groups is 1. The average molecular weight is 271 g/mol. The predicted octanol–water partition coefficient (Wildman–Crippen LogP) is 0.526. The Kier molecular flexibility index (Phi) is 3.70. The molecule has 92 valence electrons. The van der Waals surface area contributed by atoms with Gasteiger partial charge in [-0.05, 0) is 17.7 Å². The lowest BCUT2D eigenvalue weighted by Gasteiger charge is -2.05. The van der Waals surface area contributed by atoms with Crippen LogP contribution in [0.5, 0.6) is 0 Å². The zero-order valence-electron chi connectivity index (χ0n) is 9.09. The molecule has 3 N–H and O–H groups in total. The zero-order valence-corrected chi connectivity index (χ0v) is 10.7. The third kappa shape index (κ3) is 3.45. The highest BCUT2D eigenvalue weighted by atomic mass is 32.2. The van der Waals surface area contributed by atoms with E-state index in [1.807, 2.05) is 0 Å². The van der Waals surface area contributed by atoms with Crippen LogP contribution in [0.15, 0.2) is 34.2 Å². The summed E-state index contributed by atoms with van der Waals surface area (Å²) in [4.78, 5) is 4.39. The number of hydrogen-bond acceptors (Lipinski definition) is 5. The maximum Gasteiger partial charge on any atom is 0.238 e. The van der Waals surface area contributed by atoms with Gasteiger partial charge in [-0.1, -0.05) is 23.9 Å². The van der Waals surface area contributed by atoms with E-state index < -0.39 is 10.0 Å². The normalized spacial score (nSPS) is 15.7. The number of benzene rings is 1. The smallest absolute Gasteiger partial charge is 0.238 e. The van der Waals surface area contributed by atoms with Crippen molar-refractivity contribution in [1.82, 2.24) is 5.32 Å². The molecule has 1 aromatic rings. The van der Waals surface area contributed by atoms with Crippen molar-refractivity contribution in [3.63, 3.8) is 0 Å². The van der Waals surface area contributed by atoms with Crippen molar-refractivity contribution >= 4 is 27.0 Å². The maximum atomic E-state index is 11.1. The first-order valence-corrected chi connectivity index (χ1v) is 7.62. The Morgan fingerprint density at radius 3 is 2.59 bits per heavy atom. The fourth-order valence-electron chi connectivity index (χ4n) is 1.42. The molecule has 0 saturated carbocycles. The summed E-state index contributed by atoms with van der Waals surface area (Å²) in [5.74, 6) is 1.02. The second kappa shape index (κ2) is 5.07. The standard InChI is InChI=1S/C10H13N3O2S2/c11-17(14,15)9-3-1-8(2-4-9)7-13-10-12-5-6-16-10/h1-4H,5-7H2,(H,12,13)(H2,11,14,15). The van der Waals surface area contributed by atoms with Crippen LogP contribution in [0.2, 0.25) is 0 Å². The number of rotatable bonds is 3. The molecule has 1 aromatic carbocycles. The molecule has 0 atom stereocenters. The largest absolute Gasteiger partial charge is 0.361 e. The van der Waals surface area contributed by atoms with Gasteiger partial charge in [0.25, 0.3) is 0 Å². The first kappa shape index (κ1) is 12.4.